The normalized spacial score (nSPS) is 24.8. The fourth-order valence-electron chi connectivity index (χ4n) is 1.98. The van der Waals surface area contributed by atoms with Crippen molar-refractivity contribution in [1.29, 1.82) is 0 Å². The Morgan fingerprint density at radius 2 is 1.41 bits per heavy atom. The predicted octanol–water partition coefficient (Wildman–Crippen LogP) is 5.19. The van der Waals surface area contributed by atoms with Gasteiger partial charge in [-0.2, -0.15) is 0 Å². The monoisotopic (exact) mass is 346 g/mol. The minimum Gasteiger partial charge on any atom is -0.414 e. The van der Waals surface area contributed by atoms with Crippen LogP contribution in [0.4, 0.5) is 0 Å². The first-order valence-electron chi connectivity index (χ1n) is 8.61. The highest BCUT2D eigenvalue weighted by atomic mass is 28.4. The van der Waals surface area contributed by atoms with Gasteiger partial charge in [-0.3, -0.25) is 0 Å². The Morgan fingerprint density at radius 3 is 1.86 bits per heavy atom. The molecule has 0 aromatic heterocycles. The Morgan fingerprint density at radius 1 is 0.909 bits per heavy atom. The van der Waals surface area contributed by atoms with E-state index in [9.17, 15) is 0 Å². The van der Waals surface area contributed by atoms with E-state index in [1.807, 2.05) is 0 Å². The molecule has 1 aliphatic rings. The van der Waals surface area contributed by atoms with Crippen molar-refractivity contribution in [3.05, 3.63) is 0 Å². The van der Waals surface area contributed by atoms with E-state index in [0.717, 1.165) is 13.0 Å². The standard InChI is InChI=1S/C17H38O3Si2/c1-16(2,3)21(7,8)19-13-15-14(11-12-18-15)20-22(9,10)17(4,5)6/h14-15H,11-13H2,1-10H3/t14?,15-/m1/s1. The van der Waals surface area contributed by atoms with Crippen molar-refractivity contribution < 1.29 is 13.6 Å². The van der Waals surface area contributed by atoms with E-state index in [2.05, 4.69) is 67.7 Å². The van der Waals surface area contributed by atoms with Gasteiger partial charge in [0, 0.05) is 6.61 Å². The summed E-state index contributed by atoms with van der Waals surface area (Å²) in [6.45, 7) is 24.4. The van der Waals surface area contributed by atoms with Gasteiger partial charge in [-0.05, 0) is 42.7 Å². The van der Waals surface area contributed by atoms with Crippen LogP contribution >= 0.6 is 0 Å². The molecule has 1 unspecified atom stereocenters. The Labute approximate surface area is 140 Å². The summed E-state index contributed by atoms with van der Waals surface area (Å²) in [6.07, 6.45) is 1.30. The van der Waals surface area contributed by atoms with E-state index in [1.165, 1.54) is 0 Å². The third-order valence-electron chi connectivity index (χ3n) is 5.82. The lowest BCUT2D eigenvalue weighted by Crippen LogP contribution is -2.48. The molecular formula is C17H38O3Si2. The SMILES string of the molecule is CC(C)(C)[Si](C)(C)OC[C@H]1OCCC1O[Si](C)(C)C(C)(C)C. The molecule has 22 heavy (non-hydrogen) atoms. The lowest BCUT2D eigenvalue weighted by atomic mass is 10.2. The van der Waals surface area contributed by atoms with Gasteiger partial charge in [0.05, 0.1) is 12.7 Å². The van der Waals surface area contributed by atoms with Crippen LogP contribution in [0.25, 0.3) is 0 Å². The van der Waals surface area contributed by atoms with Crippen molar-refractivity contribution in [2.75, 3.05) is 13.2 Å². The second kappa shape index (κ2) is 6.67. The van der Waals surface area contributed by atoms with Crippen LogP contribution in [0.3, 0.4) is 0 Å². The molecule has 132 valence electrons. The van der Waals surface area contributed by atoms with Crippen LogP contribution < -0.4 is 0 Å². The topological polar surface area (TPSA) is 27.7 Å². The summed E-state index contributed by atoms with van der Waals surface area (Å²) in [5, 5.41) is 0.474. The molecule has 1 rings (SSSR count). The summed E-state index contributed by atoms with van der Waals surface area (Å²) >= 11 is 0. The summed E-state index contributed by atoms with van der Waals surface area (Å²) in [6, 6.07) is 0. The summed E-state index contributed by atoms with van der Waals surface area (Å²) < 4.78 is 18.9. The van der Waals surface area contributed by atoms with Crippen molar-refractivity contribution in [2.45, 2.75) is 96.4 Å². The number of hydrogen-bond acceptors (Lipinski definition) is 3. The number of hydrogen-bond donors (Lipinski definition) is 0. The second-order valence-corrected chi connectivity index (χ2v) is 19.3. The maximum absolute atomic E-state index is 6.58. The summed E-state index contributed by atoms with van der Waals surface area (Å²) in [5.41, 5.74) is 0. The van der Waals surface area contributed by atoms with Gasteiger partial charge in [-0.25, -0.2) is 0 Å². The molecular weight excluding hydrogens is 308 g/mol. The van der Waals surface area contributed by atoms with Gasteiger partial charge in [0.2, 0.25) is 0 Å². The van der Waals surface area contributed by atoms with Gasteiger partial charge in [0.1, 0.15) is 6.10 Å². The molecule has 1 heterocycles. The van der Waals surface area contributed by atoms with Crippen molar-refractivity contribution in [3.63, 3.8) is 0 Å². The van der Waals surface area contributed by atoms with E-state index >= 15 is 0 Å². The molecule has 0 aliphatic carbocycles. The molecule has 0 aromatic carbocycles. The van der Waals surface area contributed by atoms with Crippen LogP contribution in [0.1, 0.15) is 48.0 Å². The Bertz CT molecular complexity index is 367. The maximum atomic E-state index is 6.58. The van der Waals surface area contributed by atoms with Crippen LogP contribution in [0.2, 0.25) is 36.3 Å². The van der Waals surface area contributed by atoms with Gasteiger partial charge in [-0.1, -0.05) is 41.5 Å². The first kappa shape index (κ1) is 20.4. The lowest BCUT2D eigenvalue weighted by molar-refractivity contribution is 0.0118. The number of rotatable bonds is 5. The molecule has 3 nitrogen and oxygen atoms in total. The van der Waals surface area contributed by atoms with E-state index in [-0.39, 0.29) is 22.3 Å². The minimum atomic E-state index is -1.75. The molecule has 1 saturated heterocycles. The van der Waals surface area contributed by atoms with Crippen molar-refractivity contribution in [1.82, 2.24) is 0 Å². The van der Waals surface area contributed by atoms with E-state index in [1.54, 1.807) is 0 Å². The van der Waals surface area contributed by atoms with Gasteiger partial charge in [0.15, 0.2) is 16.6 Å². The molecule has 0 amide bonds. The van der Waals surface area contributed by atoms with Crippen molar-refractivity contribution >= 4 is 16.6 Å². The summed E-state index contributed by atoms with van der Waals surface area (Å²) in [5.74, 6) is 0. The highest BCUT2D eigenvalue weighted by Gasteiger charge is 2.44. The van der Waals surface area contributed by atoms with E-state index in [0.29, 0.717) is 6.61 Å². The Balaban J connectivity index is 2.65. The zero-order valence-corrected chi connectivity index (χ0v) is 18.5. The lowest BCUT2D eigenvalue weighted by Gasteiger charge is -2.40. The third kappa shape index (κ3) is 4.90. The van der Waals surface area contributed by atoms with Crippen molar-refractivity contribution in [2.24, 2.45) is 0 Å². The minimum absolute atomic E-state index is 0.100. The molecule has 0 aromatic rings. The van der Waals surface area contributed by atoms with Crippen LogP contribution in [0.5, 0.6) is 0 Å². The van der Waals surface area contributed by atoms with Gasteiger partial charge in [-0.15, -0.1) is 0 Å². The Hall–Kier alpha value is 0.314. The third-order valence-corrected chi connectivity index (χ3v) is 14.8. The van der Waals surface area contributed by atoms with Crippen LogP contribution in [0, 0.1) is 0 Å². The molecule has 0 radical (unpaired) electrons. The quantitative estimate of drug-likeness (QED) is 0.641. The number of ether oxygens (including phenoxy) is 1. The van der Waals surface area contributed by atoms with Gasteiger partial charge < -0.3 is 13.6 Å². The molecule has 5 heteroatoms. The summed E-state index contributed by atoms with van der Waals surface area (Å²) in [4.78, 5) is 0. The van der Waals surface area contributed by atoms with Gasteiger partial charge in [0.25, 0.3) is 0 Å². The second-order valence-electron chi connectivity index (χ2n) is 9.69. The first-order chi connectivity index (χ1) is 9.67. The average Bonchev–Trinajstić information content (AvgIpc) is 2.70. The van der Waals surface area contributed by atoms with Crippen LogP contribution in [-0.4, -0.2) is 42.1 Å². The molecule has 0 bridgehead atoms. The molecule has 2 atom stereocenters. The maximum Gasteiger partial charge on any atom is 0.192 e. The molecule has 1 aliphatic heterocycles. The first-order valence-corrected chi connectivity index (χ1v) is 14.4. The fraction of sp³-hybridized carbons (Fsp3) is 1.00. The largest absolute Gasteiger partial charge is 0.414 e. The highest BCUT2D eigenvalue weighted by molar-refractivity contribution is 6.74. The van der Waals surface area contributed by atoms with E-state index in [4.69, 9.17) is 13.6 Å². The fourth-order valence-corrected chi connectivity index (χ4v) is 4.38. The highest BCUT2D eigenvalue weighted by Crippen LogP contribution is 2.40. The summed E-state index contributed by atoms with van der Waals surface area (Å²) in [7, 11) is -3.47. The van der Waals surface area contributed by atoms with E-state index < -0.39 is 16.6 Å². The smallest absolute Gasteiger partial charge is 0.192 e. The average molecular weight is 347 g/mol. The zero-order valence-electron chi connectivity index (χ0n) is 16.5. The molecule has 0 saturated carbocycles. The Kier molecular flexibility index (Phi) is 6.17. The van der Waals surface area contributed by atoms with Gasteiger partial charge >= 0.3 is 0 Å². The van der Waals surface area contributed by atoms with Crippen LogP contribution in [-0.2, 0) is 13.6 Å². The molecule has 0 N–H and O–H groups in total. The molecule has 1 fully saturated rings. The molecule has 0 spiro atoms. The predicted molar refractivity (Wildman–Crippen MR) is 99.6 cm³/mol. The van der Waals surface area contributed by atoms with Crippen LogP contribution in [0.15, 0.2) is 0 Å². The zero-order chi connectivity index (χ0) is 17.4. The van der Waals surface area contributed by atoms with Crippen molar-refractivity contribution in [3.8, 4) is 0 Å².